The molecule has 1 N–H and O–H groups in total. The molecule has 1 aliphatic heterocycles. The summed E-state index contributed by atoms with van der Waals surface area (Å²) < 4.78 is 43.8. The summed E-state index contributed by atoms with van der Waals surface area (Å²) in [6, 6.07) is 18.6. The van der Waals surface area contributed by atoms with Crippen LogP contribution in [0.25, 0.3) is 5.69 Å². The number of carbonyl (C=O) groups excluding carboxylic acids is 2. The van der Waals surface area contributed by atoms with Gasteiger partial charge in [0.25, 0.3) is 11.8 Å². The van der Waals surface area contributed by atoms with Crippen LogP contribution in [0.15, 0.2) is 79.1 Å². The number of para-hydroxylation sites is 3. The molecule has 0 saturated carbocycles. The summed E-state index contributed by atoms with van der Waals surface area (Å²) in [5.74, 6) is -0.892. The van der Waals surface area contributed by atoms with Gasteiger partial charge in [-0.15, -0.1) is 23.4 Å². The van der Waals surface area contributed by atoms with Crippen LogP contribution in [0.5, 0.6) is 5.75 Å². The topological polar surface area (TPSA) is 89.4 Å². The van der Waals surface area contributed by atoms with Crippen LogP contribution in [-0.2, 0) is 6.42 Å². The zero-order valence-corrected chi connectivity index (χ0v) is 18.6. The van der Waals surface area contributed by atoms with Gasteiger partial charge in [-0.05, 0) is 48.5 Å². The van der Waals surface area contributed by atoms with Gasteiger partial charge in [0.15, 0.2) is 0 Å². The molecule has 0 atom stereocenters. The molecule has 8 nitrogen and oxygen atoms in total. The molecule has 3 aromatic carbocycles. The molecule has 0 spiro atoms. The molecule has 0 saturated heterocycles. The molecule has 1 aliphatic rings. The van der Waals surface area contributed by atoms with Crippen LogP contribution >= 0.6 is 0 Å². The number of rotatable bonds is 4. The Morgan fingerprint density at radius 2 is 1.61 bits per heavy atom. The van der Waals surface area contributed by atoms with E-state index >= 15 is 0 Å². The Hall–Kier alpha value is -4.67. The maximum absolute atomic E-state index is 13.4. The van der Waals surface area contributed by atoms with E-state index in [1.807, 2.05) is 28.8 Å². The number of fused-ring (bicyclic) bond motifs is 3. The molecule has 11 heteroatoms. The summed E-state index contributed by atoms with van der Waals surface area (Å²) >= 11 is 0. The average molecular weight is 493 g/mol. The Morgan fingerprint density at radius 3 is 2.36 bits per heavy atom. The largest absolute Gasteiger partial charge is 0.573 e. The number of aromatic nitrogens is 3. The quantitative estimate of drug-likeness (QED) is 0.448. The third-order valence-corrected chi connectivity index (χ3v) is 5.60. The molecule has 1 aromatic heterocycles. The summed E-state index contributed by atoms with van der Waals surface area (Å²) in [6.45, 7) is 0.392. The first kappa shape index (κ1) is 23.1. The van der Waals surface area contributed by atoms with Gasteiger partial charge in [0.05, 0.1) is 16.9 Å². The summed E-state index contributed by atoms with van der Waals surface area (Å²) in [4.78, 5) is 27.6. The zero-order valence-electron chi connectivity index (χ0n) is 18.6. The van der Waals surface area contributed by atoms with Gasteiger partial charge in [-0.25, -0.2) is 0 Å². The fourth-order valence-corrected chi connectivity index (χ4v) is 3.99. The standard InChI is InChI=1S/C25H18F3N5O3/c26-25(27,28)36-21-8-4-1-5-18(21)23(34)30-17-11-9-16(10-12-17)24(35)32-14-13-22-31-29-15-33(22)20-7-3-2-6-19(20)32/h1-12,15H,13-14H2,(H,30,34). The minimum Gasteiger partial charge on any atom is -0.405 e. The van der Waals surface area contributed by atoms with E-state index in [0.29, 0.717) is 29.9 Å². The minimum atomic E-state index is -4.93. The number of hydrogen-bond acceptors (Lipinski definition) is 5. The first-order chi connectivity index (χ1) is 17.3. The van der Waals surface area contributed by atoms with Crippen LogP contribution < -0.4 is 15.0 Å². The van der Waals surface area contributed by atoms with E-state index in [1.165, 1.54) is 30.3 Å². The number of benzene rings is 3. The van der Waals surface area contributed by atoms with Crippen LogP contribution in [0, 0.1) is 0 Å². The van der Waals surface area contributed by atoms with Gasteiger partial charge in [-0.2, -0.15) is 0 Å². The number of hydrogen-bond donors (Lipinski definition) is 1. The third kappa shape index (κ3) is 4.63. The normalized spacial score (nSPS) is 12.8. The van der Waals surface area contributed by atoms with Crippen molar-refractivity contribution in [1.29, 1.82) is 0 Å². The summed E-state index contributed by atoms with van der Waals surface area (Å²) in [6.07, 6.45) is -2.81. The number of carbonyl (C=O) groups is 2. The Bertz CT molecular complexity index is 1430. The maximum Gasteiger partial charge on any atom is 0.573 e. The molecular weight excluding hydrogens is 475 g/mol. The molecule has 0 radical (unpaired) electrons. The third-order valence-electron chi connectivity index (χ3n) is 5.60. The van der Waals surface area contributed by atoms with Crippen molar-refractivity contribution in [1.82, 2.24) is 14.8 Å². The van der Waals surface area contributed by atoms with E-state index in [2.05, 4.69) is 20.3 Å². The molecule has 182 valence electrons. The predicted octanol–water partition coefficient (Wildman–Crippen LogP) is 4.62. The highest BCUT2D eigenvalue weighted by atomic mass is 19.4. The van der Waals surface area contributed by atoms with Gasteiger partial charge >= 0.3 is 6.36 Å². The second-order valence-electron chi connectivity index (χ2n) is 7.89. The Balaban J connectivity index is 1.34. The molecule has 4 aromatic rings. The molecule has 5 rings (SSSR count). The maximum atomic E-state index is 13.4. The second kappa shape index (κ2) is 9.17. The lowest BCUT2D eigenvalue weighted by Crippen LogP contribution is -2.32. The highest BCUT2D eigenvalue weighted by molar-refractivity contribution is 6.08. The fraction of sp³-hybridized carbons (Fsp3) is 0.120. The number of nitrogens with one attached hydrogen (secondary N) is 1. The van der Waals surface area contributed by atoms with Crippen LogP contribution in [0.1, 0.15) is 26.5 Å². The van der Waals surface area contributed by atoms with Crippen molar-refractivity contribution in [3.8, 4) is 11.4 Å². The van der Waals surface area contributed by atoms with Gasteiger partial charge in [-0.1, -0.05) is 24.3 Å². The van der Waals surface area contributed by atoms with E-state index in [4.69, 9.17) is 0 Å². The van der Waals surface area contributed by atoms with Gasteiger partial charge in [0.1, 0.15) is 17.9 Å². The summed E-state index contributed by atoms with van der Waals surface area (Å²) in [7, 11) is 0. The molecule has 2 amide bonds. The first-order valence-electron chi connectivity index (χ1n) is 10.9. The highest BCUT2D eigenvalue weighted by Crippen LogP contribution is 2.30. The highest BCUT2D eigenvalue weighted by Gasteiger charge is 2.33. The van der Waals surface area contributed by atoms with Crippen molar-refractivity contribution in [2.75, 3.05) is 16.8 Å². The molecule has 0 bridgehead atoms. The number of amides is 2. The van der Waals surface area contributed by atoms with Crippen molar-refractivity contribution in [3.63, 3.8) is 0 Å². The van der Waals surface area contributed by atoms with Crippen molar-refractivity contribution in [3.05, 3.63) is 96.1 Å². The second-order valence-corrected chi connectivity index (χ2v) is 7.89. The van der Waals surface area contributed by atoms with Crippen molar-refractivity contribution in [2.24, 2.45) is 0 Å². The van der Waals surface area contributed by atoms with Gasteiger partial charge < -0.3 is 15.0 Å². The van der Waals surface area contributed by atoms with Crippen LogP contribution in [-0.4, -0.2) is 39.5 Å². The van der Waals surface area contributed by atoms with Crippen molar-refractivity contribution < 1.29 is 27.5 Å². The van der Waals surface area contributed by atoms with E-state index in [0.717, 1.165) is 17.6 Å². The Morgan fingerprint density at radius 1 is 0.917 bits per heavy atom. The summed E-state index contributed by atoms with van der Waals surface area (Å²) in [5.41, 5.74) is 1.90. The Labute approximate surface area is 202 Å². The van der Waals surface area contributed by atoms with Gasteiger partial charge in [0.2, 0.25) is 0 Å². The van der Waals surface area contributed by atoms with Crippen LogP contribution in [0.4, 0.5) is 24.5 Å². The number of anilines is 2. The Kier molecular flexibility index (Phi) is 5.88. The predicted molar refractivity (Wildman–Crippen MR) is 124 cm³/mol. The number of nitrogens with zero attached hydrogens (tertiary/aromatic N) is 4. The summed E-state index contributed by atoms with van der Waals surface area (Å²) in [5, 5.41) is 10.6. The zero-order chi connectivity index (χ0) is 25.3. The van der Waals surface area contributed by atoms with Crippen molar-refractivity contribution >= 4 is 23.2 Å². The number of alkyl halides is 3. The van der Waals surface area contributed by atoms with E-state index in [9.17, 15) is 22.8 Å². The smallest absolute Gasteiger partial charge is 0.405 e. The molecule has 0 unspecified atom stereocenters. The van der Waals surface area contributed by atoms with Crippen LogP contribution in [0.3, 0.4) is 0 Å². The molecular formula is C25H18F3N5O3. The molecule has 0 fully saturated rings. The van der Waals surface area contributed by atoms with E-state index in [-0.39, 0.29) is 11.5 Å². The van der Waals surface area contributed by atoms with E-state index in [1.54, 1.807) is 23.4 Å². The SMILES string of the molecule is O=C(Nc1ccc(C(=O)N2CCc3nncn3-c3ccccc32)cc1)c1ccccc1OC(F)(F)F. The molecule has 0 aliphatic carbocycles. The number of halogens is 3. The average Bonchev–Trinajstić information content (AvgIpc) is 3.26. The molecule has 2 heterocycles. The van der Waals surface area contributed by atoms with Gasteiger partial charge in [0, 0.05) is 24.2 Å². The van der Waals surface area contributed by atoms with Crippen LogP contribution in [0.2, 0.25) is 0 Å². The lowest BCUT2D eigenvalue weighted by atomic mass is 10.1. The monoisotopic (exact) mass is 493 g/mol. The van der Waals surface area contributed by atoms with Crippen molar-refractivity contribution in [2.45, 2.75) is 12.8 Å². The number of ether oxygens (including phenoxy) is 1. The lowest BCUT2D eigenvalue weighted by molar-refractivity contribution is -0.274. The first-order valence-corrected chi connectivity index (χ1v) is 10.9. The molecule has 36 heavy (non-hydrogen) atoms. The van der Waals surface area contributed by atoms with Gasteiger partial charge in [-0.3, -0.25) is 14.2 Å². The van der Waals surface area contributed by atoms with E-state index < -0.39 is 18.0 Å². The lowest BCUT2D eigenvalue weighted by Gasteiger charge is -2.23. The minimum absolute atomic E-state index is 0.247. The fourth-order valence-electron chi connectivity index (χ4n) is 3.99.